The molecule has 0 spiro atoms. The molecule has 2 aromatic rings. The number of benzene rings is 1. The Labute approximate surface area is 140 Å². The van der Waals surface area contributed by atoms with Gasteiger partial charge in [0.1, 0.15) is 11.6 Å². The highest BCUT2D eigenvalue weighted by Crippen LogP contribution is 2.22. The summed E-state index contributed by atoms with van der Waals surface area (Å²) < 4.78 is 13.2. The van der Waals surface area contributed by atoms with Crippen molar-refractivity contribution in [3.05, 3.63) is 40.8 Å². The summed E-state index contributed by atoms with van der Waals surface area (Å²) in [4.78, 5) is 10.9. The second kappa shape index (κ2) is 8.08. The molecule has 0 aliphatic carbocycles. The highest BCUT2D eigenvalue weighted by molar-refractivity contribution is 6.31. The second-order valence-electron chi connectivity index (χ2n) is 5.56. The maximum Gasteiger partial charge on any atom is 0.229 e. The van der Waals surface area contributed by atoms with Crippen LogP contribution in [0.25, 0.3) is 0 Å². The molecule has 1 aromatic heterocycles. The molecule has 7 heteroatoms. The van der Waals surface area contributed by atoms with E-state index in [4.69, 9.17) is 11.6 Å². The van der Waals surface area contributed by atoms with Crippen molar-refractivity contribution < 1.29 is 4.39 Å². The first-order valence-corrected chi connectivity index (χ1v) is 7.78. The Morgan fingerprint density at radius 2 is 2.00 bits per heavy atom. The van der Waals surface area contributed by atoms with Crippen molar-refractivity contribution in [3.8, 4) is 0 Å². The summed E-state index contributed by atoms with van der Waals surface area (Å²) in [6, 6.07) is 6.29. The zero-order valence-electron chi connectivity index (χ0n) is 13.5. The molecule has 2 N–H and O–H groups in total. The predicted octanol–water partition coefficient (Wildman–Crippen LogP) is 3.68. The van der Waals surface area contributed by atoms with Crippen molar-refractivity contribution in [2.75, 3.05) is 37.8 Å². The van der Waals surface area contributed by atoms with Crippen LogP contribution in [-0.2, 0) is 0 Å². The van der Waals surface area contributed by atoms with Crippen molar-refractivity contribution in [2.24, 2.45) is 0 Å². The molecule has 0 saturated heterocycles. The number of halogens is 2. The molecule has 23 heavy (non-hydrogen) atoms. The molecule has 124 valence electrons. The van der Waals surface area contributed by atoms with E-state index in [1.807, 2.05) is 27.1 Å². The quantitative estimate of drug-likeness (QED) is 0.755. The fourth-order valence-corrected chi connectivity index (χ4v) is 2.21. The molecule has 5 nitrogen and oxygen atoms in total. The smallest absolute Gasteiger partial charge is 0.229 e. The highest BCUT2D eigenvalue weighted by Gasteiger charge is 2.05. The molecule has 0 fully saturated rings. The molecular weight excluding hydrogens is 317 g/mol. The average molecular weight is 338 g/mol. The number of nitrogens with zero attached hydrogens (tertiary/aromatic N) is 3. The van der Waals surface area contributed by atoms with E-state index < -0.39 is 5.82 Å². The van der Waals surface area contributed by atoms with Crippen LogP contribution in [0.2, 0.25) is 5.02 Å². The fraction of sp³-hybridized carbons (Fsp3) is 0.375. The number of nitrogens with one attached hydrogen (secondary N) is 2. The van der Waals surface area contributed by atoms with Gasteiger partial charge < -0.3 is 15.5 Å². The van der Waals surface area contributed by atoms with Gasteiger partial charge in [0.2, 0.25) is 5.95 Å². The topological polar surface area (TPSA) is 53.1 Å². The molecule has 1 heterocycles. The van der Waals surface area contributed by atoms with E-state index in [9.17, 15) is 4.39 Å². The summed E-state index contributed by atoms with van der Waals surface area (Å²) in [5.74, 6) is 0.750. The minimum atomic E-state index is -0.453. The van der Waals surface area contributed by atoms with Gasteiger partial charge in [0.05, 0.1) is 5.02 Å². The average Bonchev–Trinajstić information content (AvgIpc) is 2.47. The number of hydrogen-bond acceptors (Lipinski definition) is 5. The van der Waals surface area contributed by atoms with Gasteiger partial charge in [-0.15, -0.1) is 0 Å². The maximum atomic E-state index is 13.2. The first-order chi connectivity index (χ1) is 10.9. The van der Waals surface area contributed by atoms with Gasteiger partial charge in [0.25, 0.3) is 0 Å². The van der Waals surface area contributed by atoms with Gasteiger partial charge in [0, 0.05) is 24.0 Å². The van der Waals surface area contributed by atoms with E-state index in [1.165, 1.54) is 12.1 Å². The van der Waals surface area contributed by atoms with Gasteiger partial charge in [0.15, 0.2) is 0 Å². The first-order valence-electron chi connectivity index (χ1n) is 7.40. The number of rotatable bonds is 7. The molecule has 1 aromatic carbocycles. The molecule has 0 saturated carbocycles. The molecule has 0 aliphatic rings. The largest absolute Gasteiger partial charge is 0.370 e. The Hall–Kier alpha value is -1.92. The molecule has 0 aliphatic heterocycles. The summed E-state index contributed by atoms with van der Waals surface area (Å²) >= 11 is 5.78. The summed E-state index contributed by atoms with van der Waals surface area (Å²) in [6.45, 7) is 3.74. The molecule has 0 unspecified atom stereocenters. The first kappa shape index (κ1) is 17.4. The van der Waals surface area contributed by atoms with Gasteiger partial charge in [-0.3, -0.25) is 0 Å². The minimum Gasteiger partial charge on any atom is -0.370 e. The Morgan fingerprint density at radius 3 is 2.70 bits per heavy atom. The Balaban J connectivity index is 2.03. The molecular formula is C16H21ClFN5. The highest BCUT2D eigenvalue weighted by atomic mass is 35.5. The van der Waals surface area contributed by atoms with Crippen molar-refractivity contribution in [3.63, 3.8) is 0 Å². The Morgan fingerprint density at radius 1 is 1.22 bits per heavy atom. The Bertz CT molecular complexity index is 663. The number of anilines is 3. The van der Waals surface area contributed by atoms with E-state index in [2.05, 4.69) is 25.5 Å². The van der Waals surface area contributed by atoms with E-state index in [0.29, 0.717) is 11.6 Å². The van der Waals surface area contributed by atoms with Crippen molar-refractivity contribution in [2.45, 2.75) is 13.3 Å². The van der Waals surface area contributed by atoms with Gasteiger partial charge in [-0.25, -0.2) is 9.37 Å². The minimum absolute atomic E-state index is 0.0599. The van der Waals surface area contributed by atoms with Gasteiger partial charge in [-0.2, -0.15) is 4.98 Å². The van der Waals surface area contributed by atoms with Crippen LogP contribution < -0.4 is 10.6 Å². The van der Waals surface area contributed by atoms with Crippen LogP contribution >= 0.6 is 11.6 Å². The standard InChI is InChI=1S/C16H21ClFN5/c1-11-9-15(19-7-4-8-23(2)3)22-16(20-11)21-12-5-6-14(18)13(17)10-12/h5-6,9-10H,4,7-8H2,1-3H3,(H2,19,20,21,22). The second-order valence-corrected chi connectivity index (χ2v) is 5.96. The van der Waals surface area contributed by atoms with Crippen LogP contribution in [0.15, 0.2) is 24.3 Å². The van der Waals surface area contributed by atoms with Crippen molar-refractivity contribution in [1.82, 2.24) is 14.9 Å². The predicted molar refractivity (Wildman–Crippen MR) is 93.1 cm³/mol. The van der Waals surface area contributed by atoms with E-state index in [-0.39, 0.29) is 5.02 Å². The lowest BCUT2D eigenvalue weighted by Crippen LogP contribution is -2.16. The van der Waals surface area contributed by atoms with E-state index in [0.717, 1.165) is 31.0 Å². The lowest BCUT2D eigenvalue weighted by Gasteiger charge is -2.12. The summed E-state index contributed by atoms with van der Waals surface area (Å²) in [6.07, 6.45) is 1.02. The zero-order valence-corrected chi connectivity index (χ0v) is 14.3. The van der Waals surface area contributed by atoms with Gasteiger partial charge in [-0.05, 0) is 52.2 Å². The molecule has 0 bridgehead atoms. The van der Waals surface area contributed by atoms with E-state index in [1.54, 1.807) is 6.07 Å². The number of aromatic nitrogens is 2. The molecule has 0 amide bonds. The number of hydrogen-bond donors (Lipinski definition) is 2. The third-order valence-corrected chi connectivity index (χ3v) is 3.41. The fourth-order valence-electron chi connectivity index (χ4n) is 2.03. The van der Waals surface area contributed by atoms with Gasteiger partial charge in [-0.1, -0.05) is 11.6 Å². The van der Waals surface area contributed by atoms with E-state index >= 15 is 0 Å². The lowest BCUT2D eigenvalue weighted by atomic mass is 10.3. The van der Waals surface area contributed by atoms with Crippen LogP contribution in [0.1, 0.15) is 12.1 Å². The summed E-state index contributed by atoms with van der Waals surface area (Å²) in [7, 11) is 4.09. The zero-order chi connectivity index (χ0) is 16.8. The van der Waals surface area contributed by atoms with Crippen LogP contribution in [0.5, 0.6) is 0 Å². The number of aryl methyl sites for hydroxylation is 1. The van der Waals surface area contributed by atoms with Gasteiger partial charge >= 0.3 is 0 Å². The monoisotopic (exact) mass is 337 g/mol. The maximum absolute atomic E-state index is 13.2. The summed E-state index contributed by atoms with van der Waals surface area (Å²) in [5.41, 5.74) is 1.48. The van der Waals surface area contributed by atoms with Crippen LogP contribution in [0, 0.1) is 12.7 Å². The molecule has 0 radical (unpaired) electrons. The molecule has 2 rings (SSSR count). The van der Waals surface area contributed by atoms with Crippen LogP contribution in [-0.4, -0.2) is 42.1 Å². The normalized spacial score (nSPS) is 10.9. The van der Waals surface area contributed by atoms with Crippen molar-refractivity contribution in [1.29, 1.82) is 0 Å². The lowest BCUT2D eigenvalue weighted by molar-refractivity contribution is 0.405. The third-order valence-electron chi connectivity index (χ3n) is 3.12. The van der Waals surface area contributed by atoms with Crippen molar-refractivity contribution >= 4 is 29.1 Å². The SMILES string of the molecule is Cc1cc(NCCCN(C)C)nc(Nc2ccc(F)c(Cl)c2)n1. The third kappa shape index (κ3) is 5.65. The van der Waals surface area contributed by atoms with Crippen LogP contribution in [0.3, 0.4) is 0 Å². The van der Waals surface area contributed by atoms with Crippen LogP contribution in [0.4, 0.5) is 21.8 Å². The Kier molecular flexibility index (Phi) is 6.12. The summed E-state index contributed by atoms with van der Waals surface area (Å²) in [5, 5.41) is 6.38. The molecule has 0 atom stereocenters.